The summed E-state index contributed by atoms with van der Waals surface area (Å²) >= 11 is 8.07. The van der Waals surface area contributed by atoms with Crippen molar-refractivity contribution in [3.63, 3.8) is 0 Å². The second kappa shape index (κ2) is 13.7. The largest absolute Gasteiger partial charge is 0.490 e. The third-order valence-electron chi connectivity index (χ3n) is 10.4. The van der Waals surface area contributed by atoms with Gasteiger partial charge in [0.1, 0.15) is 5.75 Å². The number of rotatable bonds is 9. The lowest BCUT2D eigenvalue weighted by atomic mass is 9.67. The molecule has 2 aliphatic carbocycles. The van der Waals surface area contributed by atoms with Crippen molar-refractivity contribution < 1.29 is 24.1 Å². The van der Waals surface area contributed by atoms with E-state index in [4.69, 9.17) is 25.8 Å². The van der Waals surface area contributed by atoms with E-state index in [1.54, 1.807) is 36.3 Å². The molecular weight excluding hydrogens is 622 g/mol. The first-order valence-electron chi connectivity index (χ1n) is 16.6. The third-order valence-corrected chi connectivity index (χ3v) is 11.6. The highest BCUT2D eigenvalue weighted by Crippen LogP contribution is 2.47. The van der Waals surface area contributed by atoms with Crippen LogP contribution in [0.5, 0.6) is 5.75 Å². The summed E-state index contributed by atoms with van der Waals surface area (Å²) in [7, 11) is 0. The number of hydrogen-bond donors (Lipinski definition) is 1. The van der Waals surface area contributed by atoms with Crippen LogP contribution in [-0.2, 0) is 21.3 Å². The van der Waals surface area contributed by atoms with Crippen LogP contribution in [0.15, 0.2) is 60.0 Å². The maximum atomic E-state index is 12.0. The molecule has 7 rings (SSSR count). The van der Waals surface area contributed by atoms with Crippen molar-refractivity contribution in [3.8, 4) is 5.75 Å². The Morgan fingerprint density at radius 2 is 2.07 bits per heavy atom. The summed E-state index contributed by atoms with van der Waals surface area (Å²) < 4.78 is 19.4. The van der Waals surface area contributed by atoms with Crippen LogP contribution in [0.3, 0.4) is 0 Å². The number of halogens is 1. The van der Waals surface area contributed by atoms with E-state index < -0.39 is 5.97 Å². The molecule has 8 nitrogen and oxygen atoms in total. The zero-order chi connectivity index (χ0) is 31.7. The fourth-order valence-corrected chi connectivity index (χ4v) is 8.86. The molecule has 2 aromatic carbocycles. The Morgan fingerprint density at radius 3 is 2.87 bits per heavy atom. The van der Waals surface area contributed by atoms with E-state index in [0.29, 0.717) is 31.7 Å². The first-order valence-corrected chi connectivity index (χ1v) is 17.8. The molecule has 0 radical (unpaired) electrons. The van der Waals surface area contributed by atoms with Crippen LogP contribution in [-0.4, -0.2) is 71.4 Å². The number of anilines is 1. The lowest BCUT2D eigenvalue weighted by Crippen LogP contribution is -2.50. The summed E-state index contributed by atoms with van der Waals surface area (Å²) in [6, 6.07) is 13.4. The molecule has 0 bridgehead atoms. The molecule has 3 heterocycles. The minimum absolute atomic E-state index is 0.164. The van der Waals surface area contributed by atoms with E-state index >= 15 is 0 Å². The van der Waals surface area contributed by atoms with Gasteiger partial charge in [0, 0.05) is 54.2 Å². The van der Waals surface area contributed by atoms with Crippen LogP contribution in [0.1, 0.15) is 66.9 Å². The van der Waals surface area contributed by atoms with Gasteiger partial charge in [-0.2, -0.15) is 0 Å². The number of ether oxygens (including phenoxy) is 3. The Morgan fingerprint density at radius 1 is 1.20 bits per heavy atom. The molecule has 4 aliphatic rings. The maximum Gasteiger partial charge on any atom is 0.335 e. The average molecular weight is 664 g/mol. The van der Waals surface area contributed by atoms with Crippen LogP contribution in [0.4, 0.5) is 5.69 Å². The molecule has 1 aromatic heterocycles. The molecule has 1 N–H and O–H groups in total. The minimum atomic E-state index is -0.924. The molecule has 2 aliphatic heterocycles. The van der Waals surface area contributed by atoms with Gasteiger partial charge in [-0.25, -0.2) is 14.8 Å². The fraction of sp³-hybridized carbons (Fsp3) is 0.528. The lowest BCUT2D eigenvalue weighted by Gasteiger charge is -2.47. The van der Waals surface area contributed by atoms with Crippen molar-refractivity contribution in [2.45, 2.75) is 79.9 Å². The lowest BCUT2D eigenvalue weighted by molar-refractivity contribution is -0.116. The number of benzene rings is 2. The Balaban J connectivity index is 1.06. The van der Waals surface area contributed by atoms with Gasteiger partial charge in [-0.05, 0) is 97.9 Å². The second-order valence-electron chi connectivity index (χ2n) is 13.4. The highest BCUT2D eigenvalue weighted by Gasteiger charge is 2.45. The highest BCUT2D eigenvalue weighted by molar-refractivity contribution is 7.99. The summed E-state index contributed by atoms with van der Waals surface area (Å²) in [5.74, 6) is 0.721. The number of fused-ring (bicyclic) bond motifs is 3. The van der Waals surface area contributed by atoms with Crippen LogP contribution in [0, 0.1) is 11.8 Å². The van der Waals surface area contributed by atoms with Crippen molar-refractivity contribution in [2.75, 3.05) is 37.8 Å². The zero-order valence-electron chi connectivity index (χ0n) is 26.3. The van der Waals surface area contributed by atoms with E-state index in [2.05, 4.69) is 33.9 Å². The molecule has 46 heavy (non-hydrogen) atoms. The number of aromatic nitrogens is 2. The summed E-state index contributed by atoms with van der Waals surface area (Å²) in [6.45, 7) is 5.70. The number of carboxylic acid groups (broad SMARTS) is 1. The van der Waals surface area contributed by atoms with Gasteiger partial charge in [0.15, 0.2) is 5.16 Å². The molecule has 1 unspecified atom stereocenters. The van der Waals surface area contributed by atoms with Gasteiger partial charge in [-0.15, -0.1) is 0 Å². The molecule has 10 heteroatoms. The molecule has 2 fully saturated rings. The van der Waals surface area contributed by atoms with E-state index in [-0.39, 0.29) is 28.4 Å². The van der Waals surface area contributed by atoms with Crippen molar-refractivity contribution in [3.05, 3.63) is 76.6 Å². The van der Waals surface area contributed by atoms with Crippen molar-refractivity contribution >= 4 is 35.0 Å². The quantitative estimate of drug-likeness (QED) is 0.191. The van der Waals surface area contributed by atoms with Crippen molar-refractivity contribution in [2.24, 2.45) is 11.8 Å². The van der Waals surface area contributed by atoms with E-state index in [9.17, 15) is 9.90 Å². The van der Waals surface area contributed by atoms with Crippen LogP contribution in [0.25, 0.3) is 0 Å². The summed E-state index contributed by atoms with van der Waals surface area (Å²) in [6.07, 6.45) is 11.1. The number of aryl methyl sites for hydroxylation is 1. The number of hydrogen-bond acceptors (Lipinski definition) is 8. The van der Waals surface area contributed by atoms with Gasteiger partial charge in [0.25, 0.3) is 0 Å². The minimum Gasteiger partial charge on any atom is -0.490 e. The summed E-state index contributed by atoms with van der Waals surface area (Å²) in [4.78, 5) is 23.1. The van der Waals surface area contributed by atoms with E-state index in [0.717, 1.165) is 79.7 Å². The Bertz CT molecular complexity index is 1550. The second-order valence-corrected chi connectivity index (χ2v) is 15.3. The molecule has 1 saturated heterocycles. The number of nitrogens with zero attached hydrogens (tertiary/aromatic N) is 3. The Hall–Kier alpha value is -2.85. The molecule has 244 valence electrons. The van der Waals surface area contributed by atoms with Crippen molar-refractivity contribution in [1.29, 1.82) is 0 Å². The molecular formula is C36H42ClN3O5S. The molecule has 1 saturated carbocycles. The number of carbonyl (C=O) groups is 1. The zero-order valence-corrected chi connectivity index (χ0v) is 27.8. The summed E-state index contributed by atoms with van der Waals surface area (Å²) in [5.41, 5.74) is 3.58. The van der Waals surface area contributed by atoms with Gasteiger partial charge in [0.2, 0.25) is 0 Å². The predicted octanol–water partition coefficient (Wildman–Crippen LogP) is 7.07. The predicted molar refractivity (Wildman–Crippen MR) is 179 cm³/mol. The van der Waals surface area contributed by atoms with Gasteiger partial charge < -0.3 is 24.2 Å². The Kier molecular flexibility index (Phi) is 9.46. The third kappa shape index (κ3) is 6.75. The molecule has 1 spiro atoms. The van der Waals surface area contributed by atoms with E-state index in [1.807, 2.05) is 18.2 Å². The number of aromatic carboxylic acids is 1. The first-order chi connectivity index (χ1) is 22.4. The van der Waals surface area contributed by atoms with Gasteiger partial charge in [-0.1, -0.05) is 36.4 Å². The first kappa shape index (κ1) is 31.7. The van der Waals surface area contributed by atoms with Gasteiger partial charge >= 0.3 is 5.97 Å². The smallest absolute Gasteiger partial charge is 0.335 e. The van der Waals surface area contributed by atoms with Crippen LogP contribution >= 0.6 is 23.4 Å². The monoisotopic (exact) mass is 663 g/mol. The fourth-order valence-electron chi connectivity index (χ4n) is 7.92. The van der Waals surface area contributed by atoms with Crippen LogP contribution < -0.4 is 9.64 Å². The molecule has 3 aromatic rings. The average Bonchev–Trinajstić information content (AvgIpc) is 3.19. The summed E-state index contributed by atoms with van der Waals surface area (Å²) in [5, 5.41) is 11.7. The van der Waals surface area contributed by atoms with Crippen molar-refractivity contribution in [1.82, 2.24) is 9.97 Å². The van der Waals surface area contributed by atoms with Gasteiger partial charge in [0.05, 0.1) is 36.7 Å². The topological polar surface area (TPSA) is 94.0 Å². The normalized spacial score (nSPS) is 27.9. The number of thioether (sulfide) groups is 1. The van der Waals surface area contributed by atoms with E-state index in [1.165, 1.54) is 11.1 Å². The van der Waals surface area contributed by atoms with Gasteiger partial charge in [-0.3, -0.25) is 0 Å². The van der Waals surface area contributed by atoms with Crippen LogP contribution in [0.2, 0.25) is 5.02 Å². The number of carboxylic acids is 1. The SMILES string of the molecule is C[C@@H](CO[C@H]1CCO[C@H]([C@@H]2CC[C@H]2CN2CC3(CCCc4cc(Cl)ccc43)COc3ccc(C(=O)O)cc32)C1)Sc1ncccn1. The Labute approximate surface area is 280 Å². The standard InChI is InChI=1S/C36H42ClN3O5S/c1-23(46-35-38-13-3-14-39-35)20-44-28-11-15-43-33(18-28)29-8-5-26(29)19-40-21-36(12-2-4-24-16-27(37)7-9-30(24)36)22-45-32-10-6-25(34(41)42)17-31(32)40/h3,6-7,9-10,13-14,16-17,23,26,28-29,33H,2,4-5,8,11-12,15,18-22H2,1H3,(H,41,42)/t23-,26-,28-,29+,33-,36?/m0/s1. The molecule has 0 amide bonds. The molecule has 6 atom stereocenters. The maximum absolute atomic E-state index is 12.0. The highest BCUT2D eigenvalue weighted by atomic mass is 35.5.